The standard InChI is InChI=1S/C25H31FN2O/c1-19(2)20(3)28(16-21-11-13-24(29-4)14-12-21)18-23-9-7-15-27(23)17-22-8-5-6-10-25(22)26/h5-15,19-20H,16-18H2,1-4H3. The fourth-order valence-corrected chi connectivity index (χ4v) is 3.50. The lowest BCUT2D eigenvalue weighted by Crippen LogP contribution is -2.36. The van der Waals surface area contributed by atoms with Crippen LogP contribution < -0.4 is 4.74 Å². The van der Waals surface area contributed by atoms with Crippen molar-refractivity contribution in [3.63, 3.8) is 0 Å². The van der Waals surface area contributed by atoms with Crippen molar-refractivity contribution in [2.45, 2.75) is 46.4 Å². The molecule has 0 amide bonds. The Bertz CT molecular complexity index is 901. The molecule has 0 aliphatic rings. The molecule has 1 heterocycles. The third kappa shape index (κ3) is 5.48. The van der Waals surface area contributed by atoms with Gasteiger partial charge in [0.25, 0.3) is 0 Å². The van der Waals surface area contributed by atoms with Crippen LogP contribution in [0.25, 0.3) is 0 Å². The molecule has 3 rings (SSSR count). The van der Waals surface area contributed by atoms with Crippen LogP contribution in [0.1, 0.15) is 37.6 Å². The SMILES string of the molecule is COc1ccc(CN(Cc2cccn2Cc2ccccc2F)C(C)C(C)C)cc1. The van der Waals surface area contributed by atoms with Crippen LogP contribution in [-0.2, 0) is 19.6 Å². The van der Waals surface area contributed by atoms with Crippen LogP contribution in [0.15, 0.2) is 66.9 Å². The maximum atomic E-state index is 14.1. The van der Waals surface area contributed by atoms with Gasteiger partial charge in [-0.15, -0.1) is 0 Å². The first-order chi connectivity index (χ1) is 14.0. The van der Waals surface area contributed by atoms with E-state index in [9.17, 15) is 4.39 Å². The summed E-state index contributed by atoms with van der Waals surface area (Å²) in [4.78, 5) is 2.49. The van der Waals surface area contributed by atoms with Crippen molar-refractivity contribution in [1.29, 1.82) is 0 Å². The Kier molecular flexibility index (Phi) is 7.10. The highest BCUT2D eigenvalue weighted by Gasteiger charge is 2.19. The predicted octanol–water partition coefficient (Wildman–Crippen LogP) is 5.73. The van der Waals surface area contributed by atoms with E-state index in [2.05, 4.69) is 48.4 Å². The lowest BCUT2D eigenvalue weighted by molar-refractivity contribution is 0.148. The first-order valence-electron chi connectivity index (χ1n) is 10.2. The largest absolute Gasteiger partial charge is 0.497 e. The van der Waals surface area contributed by atoms with Crippen LogP contribution >= 0.6 is 0 Å². The van der Waals surface area contributed by atoms with Crippen molar-refractivity contribution in [3.8, 4) is 5.75 Å². The second-order valence-electron chi connectivity index (χ2n) is 7.96. The number of rotatable bonds is 9. The molecule has 2 aromatic carbocycles. The molecule has 1 atom stereocenters. The number of halogens is 1. The Morgan fingerprint density at radius 2 is 1.66 bits per heavy atom. The number of hydrogen-bond acceptors (Lipinski definition) is 2. The molecular formula is C25H31FN2O. The third-order valence-electron chi connectivity index (χ3n) is 5.67. The van der Waals surface area contributed by atoms with E-state index in [1.165, 1.54) is 17.3 Å². The monoisotopic (exact) mass is 394 g/mol. The van der Waals surface area contributed by atoms with Gasteiger partial charge in [-0.2, -0.15) is 0 Å². The molecule has 0 bridgehead atoms. The number of nitrogens with zero attached hydrogens (tertiary/aromatic N) is 2. The zero-order valence-corrected chi connectivity index (χ0v) is 17.8. The maximum Gasteiger partial charge on any atom is 0.128 e. The van der Waals surface area contributed by atoms with Crippen LogP contribution in [0, 0.1) is 11.7 Å². The van der Waals surface area contributed by atoms with Crippen molar-refractivity contribution < 1.29 is 9.13 Å². The molecule has 0 spiro atoms. The molecule has 1 aromatic heterocycles. The number of benzene rings is 2. The molecule has 0 saturated carbocycles. The lowest BCUT2D eigenvalue weighted by Gasteiger charge is -2.32. The molecule has 4 heteroatoms. The van der Waals surface area contributed by atoms with Gasteiger partial charge < -0.3 is 9.30 Å². The molecule has 0 N–H and O–H groups in total. The van der Waals surface area contributed by atoms with Gasteiger partial charge in [0.1, 0.15) is 11.6 Å². The highest BCUT2D eigenvalue weighted by atomic mass is 19.1. The van der Waals surface area contributed by atoms with Crippen molar-refractivity contribution >= 4 is 0 Å². The topological polar surface area (TPSA) is 17.4 Å². The fraction of sp³-hybridized carbons (Fsp3) is 0.360. The van der Waals surface area contributed by atoms with E-state index in [1.807, 2.05) is 36.5 Å². The molecule has 0 saturated heterocycles. The molecule has 1 unspecified atom stereocenters. The first kappa shape index (κ1) is 21.1. The van der Waals surface area contributed by atoms with Crippen LogP contribution in [0.3, 0.4) is 0 Å². The molecule has 0 radical (unpaired) electrons. The van der Waals surface area contributed by atoms with E-state index in [-0.39, 0.29) is 5.82 Å². The number of methoxy groups -OCH3 is 1. The predicted molar refractivity (Wildman–Crippen MR) is 116 cm³/mol. The Hall–Kier alpha value is -2.59. The van der Waals surface area contributed by atoms with Crippen molar-refractivity contribution in [2.75, 3.05) is 7.11 Å². The van der Waals surface area contributed by atoms with E-state index < -0.39 is 0 Å². The van der Waals surface area contributed by atoms with Gasteiger partial charge >= 0.3 is 0 Å². The summed E-state index contributed by atoms with van der Waals surface area (Å²) in [5.74, 6) is 1.25. The second-order valence-corrected chi connectivity index (χ2v) is 7.96. The van der Waals surface area contributed by atoms with Crippen molar-refractivity contribution in [2.24, 2.45) is 5.92 Å². The molecule has 3 nitrogen and oxygen atoms in total. The fourth-order valence-electron chi connectivity index (χ4n) is 3.50. The van der Waals surface area contributed by atoms with Crippen molar-refractivity contribution in [3.05, 3.63) is 89.5 Å². The zero-order valence-electron chi connectivity index (χ0n) is 17.8. The Morgan fingerprint density at radius 3 is 2.31 bits per heavy atom. The third-order valence-corrected chi connectivity index (χ3v) is 5.67. The summed E-state index contributed by atoms with van der Waals surface area (Å²) in [6.07, 6.45) is 2.04. The smallest absolute Gasteiger partial charge is 0.128 e. The molecule has 3 aromatic rings. The minimum Gasteiger partial charge on any atom is -0.497 e. The van der Waals surface area contributed by atoms with Gasteiger partial charge in [-0.3, -0.25) is 4.90 Å². The van der Waals surface area contributed by atoms with Crippen LogP contribution in [-0.4, -0.2) is 22.6 Å². The van der Waals surface area contributed by atoms with Crippen LogP contribution in [0.2, 0.25) is 0 Å². The van der Waals surface area contributed by atoms with Gasteiger partial charge in [0.05, 0.1) is 13.7 Å². The van der Waals surface area contributed by atoms with Gasteiger partial charge in [0, 0.05) is 36.6 Å². The van der Waals surface area contributed by atoms with Gasteiger partial charge in [0.2, 0.25) is 0 Å². The minimum absolute atomic E-state index is 0.155. The number of ether oxygens (including phenoxy) is 1. The van der Waals surface area contributed by atoms with E-state index in [4.69, 9.17) is 4.74 Å². The van der Waals surface area contributed by atoms with E-state index >= 15 is 0 Å². The van der Waals surface area contributed by atoms with Gasteiger partial charge in [0.15, 0.2) is 0 Å². The normalized spacial score (nSPS) is 12.5. The number of aromatic nitrogens is 1. The molecule has 0 fully saturated rings. The van der Waals surface area contributed by atoms with Gasteiger partial charge in [-0.25, -0.2) is 4.39 Å². The molecule has 29 heavy (non-hydrogen) atoms. The summed E-state index contributed by atoms with van der Waals surface area (Å²) in [5, 5.41) is 0. The zero-order chi connectivity index (χ0) is 20.8. The van der Waals surface area contributed by atoms with Crippen LogP contribution in [0.4, 0.5) is 4.39 Å². The quantitative estimate of drug-likeness (QED) is 0.461. The van der Waals surface area contributed by atoms with Gasteiger partial charge in [-0.05, 0) is 48.7 Å². The Labute approximate surface area is 173 Å². The first-order valence-corrected chi connectivity index (χ1v) is 10.2. The Balaban J connectivity index is 1.79. The van der Waals surface area contributed by atoms with E-state index in [0.29, 0.717) is 24.1 Å². The minimum atomic E-state index is -0.155. The van der Waals surface area contributed by atoms with E-state index in [0.717, 1.165) is 18.8 Å². The van der Waals surface area contributed by atoms with Crippen molar-refractivity contribution in [1.82, 2.24) is 9.47 Å². The summed E-state index contributed by atoms with van der Waals surface area (Å²) in [6.45, 7) is 9.00. The van der Waals surface area contributed by atoms with Gasteiger partial charge in [-0.1, -0.05) is 44.2 Å². The molecule has 0 aliphatic heterocycles. The Morgan fingerprint density at radius 1 is 0.931 bits per heavy atom. The summed E-state index contributed by atoms with van der Waals surface area (Å²) >= 11 is 0. The van der Waals surface area contributed by atoms with Crippen LogP contribution in [0.5, 0.6) is 5.75 Å². The highest BCUT2D eigenvalue weighted by Crippen LogP contribution is 2.21. The summed E-state index contributed by atoms with van der Waals surface area (Å²) < 4.78 is 21.5. The molecular weight excluding hydrogens is 363 g/mol. The summed E-state index contributed by atoms with van der Waals surface area (Å²) in [5.41, 5.74) is 3.16. The average molecular weight is 395 g/mol. The summed E-state index contributed by atoms with van der Waals surface area (Å²) in [7, 11) is 1.69. The molecule has 154 valence electrons. The molecule has 0 aliphatic carbocycles. The summed E-state index contributed by atoms with van der Waals surface area (Å²) in [6, 6.07) is 19.8. The average Bonchev–Trinajstić information content (AvgIpc) is 3.15. The lowest BCUT2D eigenvalue weighted by atomic mass is 10.0. The highest BCUT2D eigenvalue weighted by molar-refractivity contribution is 5.27. The number of hydrogen-bond donors (Lipinski definition) is 0. The van der Waals surface area contributed by atoms with E-state index in [1.54, 1.807) is 13.2 Å². The maximum absolute atomic E-state index is 14.1. The second kappa shape index (κ2) is 9.75.